The number of nitrogens with two attached hydrogens (primary N) is 1. The lowest BCUT2D eigenvalue weighted by atomic mass is 9.88. The zero-order chi connectivity index (χ0) is 12.6. The Kier molecular flexibility index (Phi) is 3.32. The van der Waals surface area contributed by atoms with Crippen LogP contribution in [0.25, 0.3) is 0 Å². The fraction of sp³-hybridized carbons (Fsp3) is 0.909. The van der Waals surface area contributed by atoms with Gasteiger partial charge in [0.05, 0.1) is 12.1 Å². The van der Waals surface area contributed by atoms with E-state index in [1.54, 1.807) is 20.8 Å². The van der Waals surface area contributed by atoms with Gasteiger partial charge in [-0.15, -0.1) is 0 Å². The highest BCUT2D eigenvalue weighted by Gasteiger charge is 2.52. The lowest BCUT2D eigenvalue weighted by molar-refractivity contribution is -0.928. The molecule has 0 spiro atoms. The van der Waals surface area contributed by atoms with Crippen LogP contribution in [0.1, 0.15) is 33.6 Å². The number of amides is 1. The van der Waals surface area contributed by atoms with Gasteiger partial charge in [0, 0.05) is 13.0 Å². The van der Waals surface area contributed by atoms with Crippen molar-refractivity contribution in [2.75, 3.05) is 19.6 Å². The Labute approximate surface area is 95.8 Å². The molecule has 0 saturated carbocycles. The van der Waals surface area contributed by atoms with Crippen LogP contribution in [-0.2, 0) is 0 Å². The summed E-state index contributed by atoms with van der Waals surface area (Å²) in [5, 5.41) is 11.4. The van der Waals surface area contributed by atoms with Gasteiger partial charge in [0.1, 0.15) is 6.54 Å². The van der Waals surface area contributed by atoms with E-state index in [4.69, 9.17) is 5.73 Å². The van der Waals surface area contributed by atoms with Gasteiger partial charge in [0.15, 0.2) is 5.67 Å². The normalized spacial score (nSPS) is 36.1. The first-order valence-corrected chi connectivity index (χ1v) is 5.65. The summed E-state index contributed by atoms with van der Waals surface area (Å²) >= 11 is 0. The summed E-state index contributed by atoms with van der Waals surface area (Å²) in [6.45, 7) is 5.59. The first kappa shape index (κ1) is 13.4. The second-order valence-corrected chi connectivity index (χ2v) is 5.74. The molecule has 1 unspecified atom stereocenters. The van der Waals surface area contributed by atoms with Crippen LogP contribution < -0.4 is 10.8 Å². The van der Waals surface area contributed by atoms with Gasteiger partial charge in [0.2, 0.25) is 0 Å². The SMILES string of the molecule is CC(C)(C)[N+]1(C(=O)[O-])CCC[C@@](F)(CN)C1. The number of carbonyl (C=O) groups excluding carboxylic acids is 1. The van der Waals surface area contributed by atoms with Crippen LogP contribution in [-0.4, -0.2) is 41.4 Å². The largest absolute Gasteiger partial charge is 0.498 e. The third-order valence-electron chi connectivity index (χ3n) is 3.72. The Morgan fingerprint density at radius 3 is 2.50 bits per heavy atom. The predicted molar refractivity (Wildman–Crippen MR) is 57.3 cm³/mol. The third kappa shape index (κ3) is 2.06. The van der Waals surface area contributed by atoms with Crippen LogP contribution in [0.2, 0.25) is 0 Å². The molecule has 2 atom stereocenters. The first-order valence-electron chi connectivity index (χ1n) is 5.65. The Bertz CT molecular complexity index is 290. The van der Waals surface area contributed by atoms with E-state index in [0.717, 1.165) is 0 Å². The van der Waals surface area contributed by atoms with Crippen molar-refractivity contribution < 1.29 is 18.8 Å². The molecule has 1 saturated heterocycles. The maximum atomic E-state index is 14.3. The number of hydrogen-bond donors (Lipinski definition) is 1. The van der Waals surface area contributed by atoms with Crippen LogP contribution in [0.3, 0.4) is 0 Å². The monoisotopic (exact) mass is 232 g/mol. The Morgan fingerprint density at radius 1 is 1.56 bits per heavy atom. The van der Waals surface area contributed by atoms with Gasteiger partial charge in [-0.2, -0.15) is 0 Å². The fourth-order valence-electron chi connectivity index (χ4n) is 2.48. The number of piperidine rings is 1. The van der Waals surface area contributed by atoms with Gasteiger partial charge in [-0.05, 0) is 27.2 Å². The number of hydrogen-bond acceptors (Lipinski definition) is 3. The number of carboxylic acid groups (broad SMARTS) is 1. The molecule has 94 valence electrons. The molecule has 1 amide bonds. The molecule has 2 N–H and O–H groups in total. The van der Waals surface area contributed by atoms with Crippen molar-refractivity contribution >= 4 is 6.09 Å². The van der Waals surface area contributed by atoms with Crippen LogP contribution in [0.5, 0.6) is 0 Å². The second-order valence-electron chi connectivity index (χ2n) is 5.74. The van der Waals surface area contributed by atoms with E-state index in [-0.39, 0.29) is 17.6 Å². The number of carbonyl (C=O) groups is 1. The van der Waals surface area contributed by atoms with Gasteiger partial charge in [0.25, 0.3) is 6.09 Å². The van der Waals surface area contributed by atoms with Crippen molar-refractivity contribution in [2.24, 2.45) is 5.73 Å². The zero-order valence-corrected chi connectivity index (χ0v) is 10.3. The molecule has 16 heavy (non-hydrogen) atoms. The smallest absolute Gasteiger partial charge is 0.257 e. The van der Waals surface area contributed by atoms with E-state index in [9.17, 15) is 14.3 Å². The quantitative estimate of drug-likeness (QED) is 0.666. The predicted octanol–water partition coefficient (Wildman–Crippen LogP) is 0.406. The molecule has 0 aromatic heterocycles. The van der Waals surface area contributed by atoms with Crippen molar-refractivity contribution in [3.05, 3.63) is 0 Å². The number of alkyl halides is 1. The molecule has 0 radical (unpaired) electrons. The lowest BCUT2D eigenvalue weighted by Crippen LogP contribution is -2.73. The topological polar surface area (TPSA) is 66.1 Å². The van der Waals surface area contributed by atoms with Gasteiger partial charge >= 0.3 is 0 Å². The molecular formula is C11H21FN2O2. The highest BCUT2D eigenvalue weighted by molar-refractivity contribution is 5.55. The van der Waals surface area contributed by atoms with E-state index < -0.39 is 17.3 Å². The maximum absolute atomic E-state index is 14.3. The van der Waals surface area contributed by atoms with Gasteiger partial charge in [-0.3, -0.25) is 4.48 Å². The van der Waals surface area contributed by atoms with Crippen molar-refractivity contribution in [2.45, 2.75) is 44.8 Å². The van der Waals surface area contributed by atoms with Crippen LogP contribution in [0.15, 0.2) is 0 Å². The van der Waals surface area contributed by atoms with Gasteiger partial charge in [-0.1, -0.05) is 0 Å². The van der Waals surface area contributed by atoms with Crippen molar-refractivity contribution in [1.82, 2.24) is 0 Å². The molecule has 0 aromatic carbocycles. The second kappa shape index (κ2) is 3.96. The molecule has 0 aromatic rings. The Balaban J connectivity index is 3.09. The Morgan fingerprint density at radius 2 is 2.12 bits per heavy atom. The fourth-order valence-corrected chi connectivity index (χ4v) is 2.48. The van der Waals surface area contributed by atoms with E-state index in [1.165, 1.54) is 0 Å². The van der Waals surface area contributed by atoms with Gasteiger partial charge < -0.3 is 15.6 Å². The summed E-state index contributed by atoms with van der Waals surface area (Å²) < 4.78 is 13.9. The molecule has 1 fully saturated rings. The summed E-state index contributed by atoms with van der Waals surface area (Å²) in [5.41, 5.74) is 3.25. The molecule has 4 nitrogen and oxygen atoms in total. The van der Waals surface area contributed by atoms with Gasteiger partial charge in [-0.25, -0.2) is 4.39 Å². The summed E-state index contributed by atoms with van der Waals surface area (Å²) in [7, 11) is 0. The summed E-state index contributed by atoms with van der Waals surface area (Å²) in [5.74, 6) is 0. The summed E-state index contributed by atoms with van der Waals surface area (Å²) in [6.07, 6.45) is -0.339. The van der Waals surface area contributed by atoms with E-state index in [2.05, 4.69) is 0 Å². The van der Waals surface area contributed by atoms with Crippen LogP contribution in [0.4, 0.5) is 9.18 Å². The molecular weight excluding hydrogens is 211 g/mol. The van der Waals surface area contributed by atoms with E-state index in [1.807, 2.05) is 0 Å². The minimum atomic E-state index is -1.58. The average Bonchev–Trinajstić information content (AvgIpc) is 2.16. The average molecular weight is 232 g/mol. The first-order chi connectivity index (χ1) is 7.17. The third-order valence-corrected chi connectivity index (χ3v) is 3.72. The molecule has 1 aliphatic heterocycles. The summed E-state index contributed by atoms with van der Waals surface area (Å²) in [6, 6.07) is 0. The molecule has 0 bridgehead atoms. The van der Waals surface area contributed by atoms with Crippen LogP contribution >= 0.6 is 0 Å². The van der Waals surface area contributed by atoms with Crippen molar-refractivity contribution in [3.63, 3.8) is 0 Å². The number of nitrogens with zero attached hydrogens (tertiary/aromatic N) is 1. The van der Waals surface area contributed by atoms with Crippen molar-refractivity contribution in [3.8, 4) is 0 Å². The molecule has 1 rings (SSSR count). The summed E-state index contributed by atoms with van der Waals surface area (Å²) in [4.78, 5) is 11.4. The molecule has 5 heteroatoms. The molecule has 1 aliphatic rings. The molecule has 0 aliphatic carbocycles. The Hall–Kier alpha value is -0.680. The number of quaternary nitrogens is 1. The molecule has 1 heterocycles. The van der Waals surface area contributed by atoms with E-state index >= 15 is 0 Å². The minimum Gasteiger partial charge on any atom is -0.498 e. The highest BCUT2D eigenvalue weighted by Crippen LogP contribution is 2.36. The lowest BCUT2D eigenvalue weighted by Gasteiger charge is -2.53. The number of rotatable bonds is 1. The standard InChI is InChI=1S/C11H21FN2O2/c1-10(2,3)14(9(15)16)6-4-5-11(12,7-13)8-14/h4-8,13H2,1-3H3/t11-,14?/m1/s1. The maximum Gasteiger partial charge on any atom is 0.257 e. The number of halogens is 1. The zero-order valence-electron chi connectivity index (χ0n) is 10.3. The van der Waals surface area contributed by atoms with E-state index in [0.29, 0.717) is 19.4 Å². The minimum absolute atomic E-state index is 0.0880. The van der Waals surface area contributed by atoms with Crippen LogP contribution in [0, 0.1) is 0 Å². The highest BCUT2D eigenvalue weighted by atomic mass is 19.1. The van der Waals surface area contributed by atoms with Crippen molar-refractivity contribution in [1.29, 1.82) is 0 Å². The number of likely N-dealkylation sites (tertiary alicyclic amines) is 1.